The van der Waals surface area contributed by atoms with Crippen molar-refractivity contribution in [1.82, 2.24) is 4.90 Å². The summed E-state index contributed by atoms with van der Waals surface area (Å²) in [5.74, 6) is 1.09. The molecule has 29 heavy (non-hydrogen) atoms. The van der Waals surface area contributed by atoms with Crippen LogP contribution in [0.1, 0.15) is 23.7 Å². The summed E-state index contributed by atoms with van der Waals surface area (Å²) in [7, 11) is 3.10. The van der Waals surface area contributed by atoms with Gasteiger partial charge in [0.25, 0.3) is 5.91 Å². The molecule has 0 saturated carbocycles. The Bertz CT molecular complexity index is 837. The molecular formula is C22H27N3O4. The Labute approximate surface area is 171 Å². The maximum atomic E-state index is 12.6. The van der Waals surface area contributed by atoms with E-state index in [0.717, 1.165) is 31.9 Å². The van der Waals surface area contributed by atoms with Crippen LogP contribution < -0.4 is 19.7 Å². The molecule has 0 spiro atoms. The highest BCUT2D eigenvalue weighted by Crippen LogP contribution is 2.24. The van der Waals surface area contributed by atoms with Crippen LogP contribution in [-0.4, -0.2) is 57.1 Å². The molecule has 1 aliphatic rings. The van der Waals surface area contributed by atoms with Crippen molar-refractivity contribution in [2.45, 2.75) is 13.3 Å². The highest BCUT2D eigenvalue weighted by Gasteiger charge is 2.20. The van der Waals surface area contributed by atoms with Crippen molar-refractivity contribution in [1.29, 1.82) is 0 Å². The Kier molecular flexibility index (Phi) is 6.59. The zero-order valence-electron chi connectivity index (χ0n) is 17.1. The van der Waals surface area contributed by atoms with E-state index < -0.39 is 0 Å². The number of ether oxygens (including phenoxy) is 2. The number of hydrogen-bond donors (Lipinski definition) is 1. The normalized spacial score (nSPS) is 13.8. The topological polar surface area (TPSA) is 71.1 Å². The minimum absolute atomic E-state index is 0.205. The van der Waals surface area contributed by atoms with E-state index in [9.17, 15) is 9.59 Å². The number of anilines is 2. The summed E-state index contributed by atoms with van der Waals surface area (Å²) < 4.78 is 10.4. The molecule has 0 atom stereocenters. The number of methoxy groups -OCH3 is 2. The number of piperazine rings is 1. The van der Waals surface area contributed by atoms with Crippen LogP contribution in [0.25, 0.3) is 0 Å². The van der Waals surface area contributed by atoms with Gasteiger partial charge in [-0.15, -0.1) is 0 Å². The van der Waals surface area contributed by atoms with E-state index in [1.165, 1.54) is 0 Å². The fourth-order valence-electron chi connectivity index (χ4n) is 3.34. The molecule has 1 aliphatic heterocycles. The molecule has 0 aliphatic carbocycles. The Hall–Kier alpha value is -3.22. The molecule has 1 heterocycles. The van der Waals surface area contributed by atoms with Crippen LogP contribution >= 0.6 is 0 Å². The Morgan fingerprint density at radius 1 is 0.931 bits per heavy atom. The van der Waals surface area contributed by atoms with Gasteiger partial charge in [-0.1, -0.05) is 6.92 Å². The lowest BCUT2D eigenvalue weighted by molar-refractivity contribution is -0.131. The monoisotopic (exact) mass is 397 g/mol. The molecule has 0 aromatic heterocycles. The summed E-state index contributed by atoms with van der Waals surface area (Å²) in [4.78, 5) is 28.6. The molecule has 1 fully saturated rings. The Balaban J connectivity index is 1.62. The molecule has 2 aromatic carbocycles. The average molecular weight is 397 g/mol. The van der Waals surface area contributed by atoms with Crippen LogP contribution in [-0.2, 0) is 4.79 Å². The Morgan fingerprint density at radius 3 is 2.03 bits per heavy atom. The van der Waals surface area contributed by atoms with Crippen molar-refractivity contribution in [2.24, 2.45) is 0 Å². The van der Waals surface area contributed by atoms with Gasteiger partial charge in [0, 0.05) is 55.6 Å². The summed E-state index contributed by atoms with van der Waals surface area (Å²) in [5.41, 5.74) is 2.25. The highest BCUT2D eigenvalue weighted by molar-refractivity contribution is 6.04. The van der Waals surface area contributed by atoms with Gasteiger partial charge in [0.2, 0.25) is 5.91 Å². The first-order valence-corrected chi connectivity index (χ1v) is 9.71. The average Bonchev–Trinajstić information content (AvgIpc) is 2.78. The number of carbonyl (C=O) groups excluding carboxylic acids is 2. The van der Waals surface area contributed by atoms with Crippen LogP contribution in [0.4, 0.5) is 11.4 Å². The second-order valence-electron chi connectivity index (χ2n) is 6.82. The summed E-state index contributed by atoms with van der Waals surface area (Å²) in [6.45, 7) is 4.98. The standard InChI is InChI=1S/C22H27N3O4/c1-4-21(26)25-11-9-24(10-12-25)18-7-5-17(6-8-18)23-22(27)16-13-19(28-2)15-20(14-16)29-3/h5-8,13-15H,4,9-12H2,1-3H3,(H,23,27). The number of amides is 2. The van der Waals surface area contributed by atoms with Crippen LogP contribution in [0, 0.1) is 0 Å². The van der Waals surface area contributed by atoms with Gasteiger partial charge in [0.05, 0.1) is 14.2 Å². The van der Waals surface area contributed by atoms with E-state index in [2.05, 4.69) is 10.2 Å². The molecule has 2 aromatic rings. The third kappa shape index (κ3) is 4.99. The molecule has 1 saturated heterocycles. The van der Waals surface area contributed by atoms with Gasteiger partial charge >= 0.3 is 0 Å². The first-order chi connectivity index (χ1) is 14.0. The van der Waals surface area contributed by atoms with Gasteiger partial charge in [-0.05, 0) is 36.4 Å². The maximum absolute atomic E-state index is 12.6. The number of nitrogens with one attached hydrogen (secondary N) is 1. The van der Waals surface area contributed by atoms with E-state index in [0.29, 0.717) is 29.2 Å². The molecular weight excluding hydrogens is 370 g/mol. The summed E-state index contributed by atoms with van der Waals surface area (Å²) in [5, 5.41) is 2.90. The predicted octanol–water partition coefficient (Wildman–Crippen LogP) is 3.01. The van der Waals surface area contributed by atoms with E-state index in [4.69, 9.17) is 9.47 Å². The molecule has 3 rings (SSSR count). The Morgan fingerprint density at radius 2 is 1.52 bits per heavy atom. The number of rotatable bonds is 6. The van der Waals surface area contributed by atoms with E-state index >= 15 is 0 Å². The van der Waals surface area contributed by atoms with Crippen molar-refractivity contribution in [3.63, 3.8) is 0 Å². The van der Waals surface area contributed by atoms with Crippen LogP contribution in [0.15, 0.2) is 42.5 Å². The second kappa shape index (κ2) is 9.32. The van der Waals surface area contributed by atoms with Crippen LogP contribution in [0.2, 0.25) is 0 Å². The fourth-order valence-corrected chi connectivity index (χ4v) is 3.34. The van der Waals surface area contributed by atoms with Crippen LogP contribution in [0.3, 0.4) is 0 Å². The lowest BCUT2D eigenvalue weighted by Crippen LogP contribution is -2.48. The van der Waals surface area contributed by atoms with Gasteiger partial charge in [-0.2, -0.15) is 0 Å². The predicted molar refractivity (Wildman–Crippen MR) is 113 cm³/mol. The van der Waals surface area contributed by atoms with Crippen molar-refractivity contribution >= 4 is 23.2 Å². The van der Waals surface area contributed by atoms with Crippen molar-refractivity contribution < 1.29 is 19.1 Å². The molecule has 7 heteroatoms. The van der Waals surface area contributed by atoms with Gasteiger partial charge in [0.15, 0.2) is 0 Å². The quantitative estimate of drug-likeness (QED) is 0.811. The summed E-state index contributed by atoms with van der Waals surface area (Å²) in [6, 6.07) is 12.8. The summed E-state index contributed by atoms with van der Waals surface area (Å²) >= 11 is 0. The lowest BCUT2D eigenvalue weighted by atomic mass is 10.1. The number of carbonyl (C=O) groups is 2. The van der Waals surface area contributed by atoms with Gasteiger partial charge in [-0.25, -0.2) is 0 Å². The first-order valence-electron chi connectivity index (χ1n) is 9.71. The second-order valence-corrected chi connectivity index (χ2v) is 6.82. The maximum Gasteiger partial charge on any atom is 0.255 e. The molecule has 0 bridgehead atoms. The highest BCUT2D eigenvalue weighted by atomic mass is 16.5. The van der Waals surface area contributed by atoms with Crippen molar-refractivity contribution in [3.05, 3.63) is 48.0 Å². The fraction of sp³-hybridized carbons (Fsp3) is 0.364. The minimum Gasteiger partial charge on any atom is -0.497 e. The molecule has 1 N–H and O–H groups in total. The van der Waals surface area contributed by atoms with E-state index in [-0.39, 0.29) is 11.8 Å². The number of nitrogens with zero attached hydrogens (tertiary/aromatic N) is 2. The van der Waals surface area contributed by atoms with Crippen LogP contribution in [0.5, 0.6) is 11.5 Å². The lowest BCUT2D eigenvalue weighted by Gasteiger charge is -2.36. The van der Waals surface area contributed by atoms with E-state index in [1.807, 2.05) is 36.1 Å². The number of hydrogen-bond acceptors (Lipinski definition) is 5. The smallest absolute Gasteiger partial charge is 0.255 e. The zero-order chi connectivity index (χ0) is 20.8. The molecule has 2 amide bonds. The molecule has 154 valence electrons. The van der Waals surface area contributed by atoms with Crippen molar-refractivity contribution in [2.75, 3.05) is 50.6 Å². The third-order valence-corrected chi connectivity index (χ3v) is 5.04. The van der Waals surface area contributed by atoms with Gasteiger partial charge in [0.1, 0.15) is 11.5 Å². The van der Waals surface area contributed by atoms with Gasteiger partial charge < -0.3 is 24.6 Å². The van der Waals surface area contributed by atoms with Crippen molar-refractivity contribution in [3.8, 4) is 11.5 Å². The summed E-state index contributed by atoms with van der Waals surface area (Å²) in [6.07, 6.45) is 0.549. The van der Waals surface area contributed by atoms with E-state index in [1.54, 1.807) is 32.4 Å². The first kappa shape index (κ1) is 20.5. The molecule has 0 unspecified atom stereocenters. The zero-order valence-corrected chi connectivity index (χ0v) is 17.1. The molecule has 0 radical (unpaired) electrons. The van der Waals surface area contributed by atoms with Gasteiger partial charge in [-0.3, -0.25) is 9.59 Å². The minimum atomic E-state index is -0.235. The largest absolute Gasteiger partial charge is 0.497 e. The third-order valence-electron chi connectivity index (χ3n) is 5.04. The molecule has 7 nitrogen and oxygen atoms in total. The SMILES string of the molecule is CCC(=O)N1CCN(c2ccc(NC(=O)c3cc(OC)cc(OC)c3)cc2)CC1. The number of benzene rings is 2.